The van der Waals surface area contributed by atoms with Crippen LogP contribution in [-0.2, 0) is 32.7 Å². The normalized spacial score (nSPS) is 11.2. The largest absolute Gasteiger partial charge is 0.326 e. The molecule has 0 aliphatic carbocycles. The van der Waals surface area contributed by atoms with Gasteiger partial charge in [0.1, 0.15) is 0 Å². The average Bonchev–Trinajstić information content (AvgIpc) is 2.21. The minimum atomic E-state index is 0. The van der Waals surface area contributed by atoms with E-state index in [1.54, 1.807) is 0 Å². The predicted octanol–water partition coefficient (Wildman–Crippen LogP) is 3.83. The number of rotatable bonds is 9. The van der Waals surface area contributed by atoms with Gasteiger partial charge in [-0.15, -0.1) is 0 Å². The van der Waals surface area contributed by atoms with Crippen molar-refractivity contribution in [2.24, 2.45) is 0 Å². The first-order valence-corrected chi connectivity index (χ1v) is 6.52. The Labute approximate surface area is 122 Å². The first kappa shape index (κ1) is 18.4. The van der Waals surface area contributed by atoms with Gasteiger partial charge < -0.3 is 4.48 Å². The molecule has 0 saturated heterocycles. The molecule has 0 fully saturated rings. The summed E-state index contributed by atoms with van der Waals surface area (Å²) in [5.74, 6) is 0. The summed E-state index contributed by atoms with van der Waals surface area (Å²) in [4.78, 5) is 0. The SMILES string of the molecule is CCCC[N+](C)(CCCC)CCCC.[Y]. The van der Waals surface area contributed by atoms with E-state index < -0.39 is 0 Å². The van der Waals surface area contributed by atoms with E-state index in [2.05, 4.69) is 27.8 Å². The fourth-order valence-corrected chi connectivity index (χ4v) is 1.95. The van der Waals surface area contributed by atoms with Gasteiger partial charge in [-0.3, -0.25) is 0 Å². The van der Waals surface area contributed by atoms with Crippen molar-refractivity contribution in [2.45, 2.75) is 59.3 Å². The molecule has 0 rings (SSSR count). The van der Waals surface area contributed by atoms with Crippen molar-refractivity contribution in [3.05, 3.63) is 0 Å². The van der Waals surface area contributed by atoms with Crippen LogP contribution in [0.2, 0.25) is 0 Å². The van der Waals surface area contributed by atoms with Crippen LogP contribution in [0.25, 0.3) is 0 Å². The summed E-state index contributed by atoms with van der Waals surface area (Å²) < 4.78 is 1.32. The molecule has 0 spiro atoms. The van der Waals surface area contributed by atoms with Crippen LogP contribution in [0.1, 0.15) is 59.3 Å². The van der Waals surface area contributed by atoms with E-state index in [4.69, 9.17) is 0 Å². The second-order valence-corrected chi connectivity index (χ2v) is 4.85. The molecule has 0 aliphatic heterocycles. The Balaban J connectivity index is 0. The summed E-state index contributed by atoms with van der Waals surface area (Å²) in [6.07, 6.45) is 8.20. The first-order chi connectivity index (χ1) is 6.68. The van der Waals surface area contributed by atoms with Crippen molar-refractivity contribution in [2.75, 3.05) is 26.7 Å². The first-order valence-electron chi connectivity index (χ1n) is 6.52. The third kappa shape index (κ3) is 9.96. The maximum atomic E-state index is 2.45. The van der Waals surface area contributed by atoms with Gasteiger partial charge in [0.15, 0.2) is 0 Å². The van der Waals surface area contributed by atoms with E-state index in [0.29, 0.717) is 0 Å². The quantitative estimate of drug-likeness (QED) is 0.566. The van der Waals surface area contributed by atoms with Gasteiger partial charge >= 0.3 is 0 Å². The zero-order valence-corrected chi connectivity index (χ0v) is 14.2. The van der Waals surface area contributed by atoms with E-state index in [1.165, 1.54) is 62.6 Å². The van der Waals surface area contributed by atoms with E-state index in [9.17, 15) is 0 Å². The molecule has 0 aromatic rings. The fourth-order valence-electron chi connectivity index (χ4n) is 1.95. The summed E-state index contributed by atoms with van der Waals surface area (Å²) in [7, 11) is 2.45. The molecule has 0 aromatic heterocycles. The van der Waals surface area contributed by atoms with Gasteiger partial charge in [-0.2, -0.15) is 0 Å². The fraction of sp³-hybridized carbons (Fsp3) is 1.00. The van der Waals surface area contributed by atoms with Gasteiger partial charge in [-0.05, 0) is 19.3 Å². The van der Waals surface area contributed by atoms with Gasteiger partial charge in [0.25, 0.3) is 0 Å². The molecule has 0 unspecified atom stereocenters. The second kappa shape index (κ2) is 11.5. The maximum Gasteiger partial charge on any atom is 0.0784 e. The van der Waals surface area contributed by atoms with Gasteiger partial charge in [0, 0.05) is 32.7 Å². The molecule has 0 amide bonds. The Bertz CT molecular complexity index is 104. The van der Waals surface area contributed by atoms with Crippen LogP contribution in [0, 0.1) is 0 Å². The summed E-state index contributed by atoms with van der Waals surface area (Å²) in [6, 6.07) is 0. The molecule has 0 saturated carbocycles. The van der Waals surface area contributed by atoms with Crippen molar-refractivity contribution >= 4 is 0 Å². The van der Waals surface area contributed by atoms with Gasteiger partial charge in [0.2, 0.25) is 0 Å². The van der Waals surface area contributed by atoms with E-state index in [0.717, 1.165) is 0 Å². The number of hydrogen-bond donors (Lipinski definition) is 0. The van der Waals surface area contributed by atoms with Crippen LogP contribution in [0.5, 0.6) is 0 Å². The molecule has 89 valence electrons. The number of nitrogens with zero attached hydrogens (tertiary/aromatic N) is 1. The molecule has 0 bridgehead atoms. The predicted molar refractivity (Wildman–Crippen MR) is 65.5 cm³/mol. The smallest absolute Gasteiger partial charge is 0.0784 e. The molecule has 15 heavy (non-hydrogen) atoms. The summed E-state index contributed by atoms with van der Waals surface area (Å²) in [5.41, 5.74) is 0. The van der Waals surface area contributed by atoms with Crippen LogP contribution in [-0.4, -0.2) is 31.2 Å². The van der Waals surface area contributed by atoms with Crippen LogP contribution < -0.4 is 0 Å². The number of quaternary nitrogens is 1. The van der Waals surface area contributed by atoms with E-state index >= 15 is 0 Å². The Morgan fingerprint density at radius 1 is 0.667 bits per heavy atom. The third-order valence-corrected chi connectivity index (χ3v) is 3.15. The molecule has 0 aliphatic rings. The van der Waals surface area contributed by atoms with Crippen molar-refractivity contribution in [3.63, 3.8) is 0 Å². The summed E-state index contributed by atoms with van der Waals surface area (Å²) in [5, 5.41) is 0. The molecule has 0 N–H and O–H groups in total. The van der Waals surface area contributed by atoms with E-state index in [1.807, 2.05) is 0 Å². The van der Waals surface area contributed by atoms with Crippen molar-refractivity contribution < 1.29 is 37.2 Å². The Kier molecular flexibility index (Phi) is 14.2. The third-order valence-electron chi connectivity index (χ3n) is 3.15. The molecule has 1 radical (unpaired) electrons. The molecule has 2 heteroatoms. The second-order valence-electron chi connectivity index (χ2n) is 4.85. The van der Waals surface area contributed by atoms with Crippen LogP contribution in [0.3, 0.4) is 0 Å². The topological polar surface area (TPSA) is 0 Å². The Hall–Kier alpha value is 1.06. The van der Waals surface area contributed by atoms with Crippen LogP contribution >= 0.6 is 0 Å². The van der Waals surface area contributed by atoms with Gasteiger partial charge in [-0.1, -0.05) is 40.0 Å². The number of hydrogen-bond acceptors (Lipinski definition) is 0. The Morgan fingerprint density at radius 3 is 1.13 bits per heavy atom. The van der Waals surface area contributed by atoms with E-state index in [-0.39, 0.29) is 32.7 Å². The van der Waals surface area contributed by atoms with Gasteiger partial charge in [0.05, 0.1) is 26.7 Å². The van der Waals surface area contributed by atoms with Gasteiger partial charge in [-0.25, -0.2) is 0 Å². The van der Waals surface area contributed by atoms with Crippen molar-refractivity contribution in [1.29, 1.82) is 0 Å². The maximum absolute atomic E-state index is 2.45. The molecular weight excluding hydrogens is 259 g/mol. The minimum Gasteiger partial charge on any atom is -0.326 e. The zero-order chi connectivity index (χ0) is 10.9. The molecule has 0 atom stereocenters. The average molecular weight is 289 g/mol. The molecule has 0 heterocycles. The molecule has 0 aromatic carbocycles. The summed E-state index contributed by atoms with van der Waals surface area (Å²) >= 11 is 0. The molecular formula is C13H30NY+. The van der Waals surface area contributed by atoms with Crippen molar-refractivity contribution in [3.8, 4) is 0 Å². The zero-order valence-electron chi connectivity index (χ0n) is 11.4. The van der Waals surface area contributed by atoms with Crippen molar-refractivity contribution in [1.82, 2.24) is 0 Å². The standard InChI is InChI=1S/C13H30N.Y/c1-5-8-11-14(4,12-9-6-2)13-10-7-3;/h5-13H2,1-4H3;/q+1;. The van der Waals surface area contributed by atoms with Crippen LogP contribution in [0.15, 0.2) is 0 Å². The molecule has 1 nitrogen and oxygen atoms in total. The minimum absolute atomic E-state index is 0. The number of unbranched alkanes of at least 4 members (excludes halogenated alkanes) is 3. The monoisotopic (exact) mass is 289 g/mol. The Morgan fingerprint density at radius 2 is 0.933 bits per heavy atom. The van der Waals surface area contributed by atoms with Crippen LogP contribution in [0.4, 0.5) is 0 Å². The summed E-state index contributed by atoms with van der Waals surface area (Å²) in [6.45, 7) is 11.0.